The number of aryl methyl sites for hydroxylation is 1. The van der Waals surface area contributed by atoms with Crippen LogP contribution in [-0.4, -0.2) is 11.0 Å². The summed E-state index contributed by atoms with van der Waals surface area (Å²) in [7, 11) is 0. The van der Waals surface area contributed by atoms with E-state index >= 15 is 0 Å². The summed E-state index contributed by atoms with van der Waals surface area (Å²) in [5.74, 6) is 1.02. The molecule has 1 fully saturated rings. The average molecular weight is 212 g/mol. The van der Waals surface area contributed by atoms with Crippen LogP contribution in [0.5, 0.6) is 0 Å². The Hall–Kier alpha value is -1.57. The van der Waals surface area contributed by atoms with Gasteiger partial charge in [-0.3, -0.25) is 0 Å². The number of hydrogen-bond acceptors (Lipinski definition) is 2. The summed E-state index contributed by atoms with van der Waals surface area (Å²) in [6.07, 6.45) is 3.61. The highest BCUT2D eigenvalue weighted by Gasteiger charge is 2.21. The zero-order valence-electron chi connectivity index (χ0n) is 9.53. The van der Waals surface area contributed by atoms with Crippen LogP contribution >= 0.6 is 0 Å². The number of rotatable bonds is 3. The van der Waals surface area contributed by atoms with E-state index in [0.29, 0.717) is 6.04 Å². The third-order valence-corrected chi connectivity index (χ3v) is 3.11. The fourth-order valence-electron chi connectivity index (χ4n) is 2.01. The van der Waals surface area contributed by atoms with E-state index in [0.717, 1.165) is 17.8 Å². The van der Waals surface area contributed by atoms with Gasteiger partial charge in [-0.25, -0.2) is 4.98 Å². The maximum Gasteiger partial charge on any atom is 0.126 e. The first-order valence-electron chi connectivity index (χ1n) is 6.02. The topological polar surface area (TPSA) is 24.9 Å². The molecule has 3 rings (SSSR count). The SMILES string of the molecule is CCc1cccc2ccc(NC3CC3)nc12. The lowest BCUT2D eigenvalue weighted by Crippen LogP contribution is -2.03. The van der Waals surface area contributed by atoms with E-state index in [-0.39, 0.29) is 0 Å². The van der Waals surface area contributed by atoms with E-state index in [1.165, 1.54) is 23.8 Å². The third kappa shape index (κ3) is 1.75. The lowest BCUT2D eigenvalue weighted by Gasteiger charge is -2.07. The first-order chi connectivity index (χ1) is 7.86. The molecule has 1 aliphatic carbocycles. The predicted octanol–water partition coefficient (Wildman–Crippen LogP) is 3.37. The molecule has 82 valence electrons. The van der Waals surface area contributed by atoms with E-state index < -0.39 is 0 Å². The normalized spacial score (nSPS) is 15.3. The van der Waals surface area contributed by atoms with Gasteiger partial charge in [-0.2, -0.15) is 0 Å². The number of benzene rings is 1. The van der Waals surface area contributed by atoms with Crippen molar-refractivity contribution in [2.75, 3.05) is 5.32 Å². The Morgan fingerprint density at radius 3 is 2.88 bits per heavy atom. The molecule has 0 spiro atoms. The average Bonchev–Trinajstić information content (AvgIpc) is 3.12. The van der Waals surface area contributed by atoms with Crippen LogP contribution in [0.4, 0.5) is 5.82 Å². The highest BCUT2D eigenvalue weighted by molar-refractivity contribution is 5.83. The molecule has 0 aliphatic heterocycles. The van der Waals surface area contributed by atoms with Crippen molar-refractivity contribution in [3.8, 4) is 0 Å². The van der Waals surface area contributed by atoms with Gasteiger partial charge in [-0.05, 0) is 37.0 Å². The number of aromatic nitrogens is 1. The van der Waals surface area contributed by atoms with Gasteiger partial charge in [0.05, 0.1) is 5.52 Å². The van der Waals surface area contributed by atoms with Gasteiger partial charge < -0.3 is 5.32 Å². The van der Waals surface area contributed by atoms with Crippen molar-refractivity contribution in [2.24, 2.45) is 0 Å². The molecule has 2 heteroatoms. The molecule has 1 saturated carbocycles. The van der Waals surface area contributed by atoms with E-state index in [4.69, 9.17) is 4.98 Å². The second-order valence-corrected chi connectivity index (χ2v) is 4.46. The van der Waals surface area contributed by atoms with E-state index in [1.807, 2.05) is 0 Å². The van der Waals surface area contributed by atoms with Crippen molar-refractivity contribution < 1.29 is 0 Å². The van der Waals surface area contributed by atoms with Crippen molar-refractivity contribution in [3.05, 3.63) is 35.9 Å². The van der Waals surface area contributed by atoms with Gasteiger partial charge in [0.25, 0.3) is 0 Å². The molecule has 0 atom stereocenters. The molecule has 0 unspecified atom stereocenters. The van der Waals surface area contributed by atoms with Crippen molar-refractivity contribution in [2.45, 2.75) is 32.2 Å². The monoisotopic (exact) mass is 212 g/mol. The lowest BCUT2D eigenvalue weighted by molar-refractivity contribution is 1.11. The van der Waals surface area contributed by atoms with Gasteiger partial charge in [-0.15, -0.1) is 0 Å². The smallest absolute Gasteiger partial charge is 0.126 e. The van der Waals surface area contributed by atoms with Crippen LogP contribution in [0, 0.1) is 0 Å². The quantitative estimate of drug-likeness (QED) is 0.843. The lowest BCUT2D eigenvalue weighted by atomic mass is 10.1. The number of para-hydroxylation sites is 1. The molecule has 1 heterocycles. The number of fused-ring (bicyclic) bond motifs is 1. The standard InChI is InChI=1S/C14H16N2/c1-2-10-4-3-5-11-6-9-13(16-14(10)11)15-12-7-8-12/h3-6,9,12H,2,7-8H2,1H3,(H,15,16). The molecule has 0 bridgehead atoms. The number of nitrogens with one attached hydrogen (secondary N) is 1. The molecule has 1 N–H and O–H groups in total. The molecule has 1 aromatic heterocycles. The van der Waals surface area contributed by atoms with Gasteiger partial charge in [0, 0.05) is 11.4 Å². The maximum atomic E-state index is 4.72. The Kier molecular flexibility index (Phi) is 2.28. The van der Waals surface area contributed by atoms with Crippen molar-refractivity contribution in [1.29, 1.82) is 0 Å². The predicted molar refractivity (Wildman–Crippen MR) is 67.8 cm³/mol. The van der Waals surface area contributed by atoms with Gasteiger partial charge in [0.15, 0.2) is 0 Å². The largest absolute Gasteiger partial charge is 0.367 e. The van der Waals surface area contributed by atoms with E-state index in [2.05, 4.69) is 42.6 Å². The van der Waals surface area contributed by atoms with Crippen molar-refractivity contribution in [1.82, 2.24) is 4.98 Å². The Labute approximate surface area is 95.7 Å². The van der Waals surface area contributed by atoms with Gasteiger partial charge in [-0.1, -0.05) is 25.1 Å². The van der Waals surface area contributed by atoms with Crippen LogP contribution in [-0.2, 0) is 6.42 Å². The Balaban J connectivity index is 2.06. The number of anilines is 1. The summed E-state index contributed by atoms with van der Waals surface area (Å²) in [6.45, 7) is 2.18. The summed E-state index contributed by atoms with van der Waals surface area (Å²) in [5, 5.41) is 4.68. The molecular formula is C14H16N2. The number of pyridine rings is 1. The van der Waals surface area contributed by atoms with Gasteiger partial charge >= 0.3 is 0 Å². The molecule has 2 aromatic rings. The zero-order chi connectivity index (χ0) is 11.0. The molecule has 0 amide bonds. The van der Waals surface area contributed by atoms with Crippen LogP contribution in [0.25, 0.3) is 10.9 Å². The first-order valence-corrected chi connectivity index (χ1v) is 6.02. The second kappa shape index (κ2) is 3.78. The molecule has 1 aromatic carbocycles. The van der Waals surface area contributed by atoms with Crippen LogP contribution in [0.1, 0.15) is 25.3 Å². The van der Waals surface area contributed by atoms with E-state index in [1.54, 1.807) is 0 Å². The molecule has 1 aliphatic rings. The fourth-order valence-corrected chi connectivity index (χ4v) is 2.01. The summed E-state index contributed by atoms with van der Waals surface area (Å²) in [6, 6.07) is 11.3. The van der Waals surface area contributed by atoms with E-state index in [9.17, 15) is 0 Å². The molecule has 0 saturated heterocycles. The zero-order valence-corrected chi connectivity index (χ0v) is 9.53. The Morgan fingerprint density at radius 1 is 1.25 bits per heavy atom. The van der Waals surface area contributed by atoms with Crippen LogP contribution in [0.3, 0.4) is 0 Å². The Morgan fingerprint density at radius 2 is 2.12 bits per heavy atom. The summed E-state index contributed by atoms with van der Waals surface area (Å²) in [4.78, 5) is 4.72. The van der Waals surface area contributed by atoms with Crippen molar-refractivity contribution >= 4 is 16.7 Å². The fraction of sp³-hybridized carbons (Fsp3) is 0.357. The molecule has 0 radical (unpaired) electrons. The number of hydrogen-bond donors (Lipinski definition) is 1. The summed E-state index contributed by atoms with van der Waals surface area (Å²) >= 11 is 0. The minimum atomic E-state index is 0.665. The first kappa shape index (κ1) is 9.64. The van der Waals surface area contributed by atoms with Gasteiger partial charge in [0.1, 0.15) is 5.82 Å². The molecule has 2 nitrogen and oxygen atoms in total. The van der Waals surface area contributed by atoms with Crippen LogP contribution in [0.2, 0.25) is 0 Å². The third-order valence-electron chi connectivity index (χ3n) is 3.11. The second-order valence-electron chi connectivity index (χ2n) is 4.46. The van der Waals surface area contributed by atoms with Crippen LogP contribution in [0.15, 0.2) is 30.3 Å². The minimum absolute atomic E-state index is 0.665. The molecule has 16 heavy (non-hydrogen) atoms. The van der Waals surface area contributed by atoms with Gasteiger partial charge in [0.2, 0.25) is 0 Å². The summed E-state index contributed by atoms with van der Waals surface area (Å²) < 4.78 is 0. The minimum Gasteiger partial charge on any atom is -0.367 e. The van der Waals surface area contributed by atoms with Crippen LogP contribution < -0.4 is 5.32 Å². The van der Waals surface area contributed by atoms with Crippen molar-refractivity contribution in [3.63, 3.8) is 0 Å². The highest BCUT2D eigenvalue weighted by atomic mass is 15.0. The molecular weight excluding hydrogens is 196 g/mol. The highest BCUT2D eigenvalue weighted by Crippen LogP contribution is 2.25. The Bertz CT molecular complexity index is 515. The maximum absolute atomic E-state index is 4.72. The number of nitrogens with zero attached hydrogens (tertiary/aromatic N) is 1. The summed E-state index contributed by atoms with van der Waals surface area (Å²) in [5.41, 5.74) is 2.48.